The van der Waals surface area contributed by atoms with Crippen LogP contribution in [0.2, 0.25) is 0 Å². The van der Waals surface area contributed by atoms with Crippen LogP contribution in [0.4, 0.5) is 0 Å². The van der Waals surface area contributed by atoms with Crippen molar-refractivity contribution in [1.29, 1.82) is 0 Å². The Morgan fingerprint density at radius 2 is 1.85 bits per heavy atom. The van der Waals surface area contributed by atoms with Crippen LogP contribution < -0.4 is 10.6 Å². The number of rotatable bonds is 5. The molecule has 1 aliphatic heterocycles. The molecule has 2 aliphatic rings. The van der Waals surface area contributed by atoms with Gasteiger partial charge >= 0.3 is 5.97 Å². The first-order valence-electron chi connectivity index (χ1n) is 6.97. The van der Waals surface area contributed by atoms with Gasteiger partial charge in [0.2, 0.25) is 11.8 Å². The summed E-state index contributed by atoms with van der Waals surface area (Å²) in [7, 11) is 1.61. The molecule has 2 amide bonds. The highest BCUT2D eigenvalue weighted by atomic mass is 16.4. The van der Waals surface area contributed by atoms with Crippen molar-refractivity contribution in [1.82, 2.24) is 15.5 Å². The molecule has 0 spiro atoms. The summed E-state index contributed by atoms with van der Waals surface area (Å²) in [6, 6.07) is 0.0958. The fourth-order valence-corrected chi connectivity index (χ4v) is 2.58. The Kier molecular flexibility index (Phi) is 4.59. The summed E-state index contributed by atoms with van der Waals surface area (Å²) in [6.07, 6.45) is 2.05. The first-order chi connectivity index (χ1) is 9.51. The number of amides is 2. The van der Waals surface area contributed by atoms with Crippen LogP contribution in [0.3, 0.4) is 0 Å². The van der Waals surface area contributed by atoms with E-state index in [1.54, 1.807) is 7.05 Å². The van der Waals surface area contributed by atoms with Crippen molar-refractivity contribution in [2.24, 2.45) is 11.8 Å². The zero-order valence-corrected chi connectivity index (χ0v) is 11.6. The van der Waals surface area contributed by atoms with Gasteiger partial charge in [0.1, 0.15) is 0 Å². The first kappa shape index (κ1) is 14.8. The SMILES string of the molecule is CNC(=O)CN1CCC(NC(=O)[C@@H]2C[C@@H]2C(=O)O)CC1. The number of carbonyl (C=O) groups is 3. The fraction of sp³-hybridized carbons (Fsp3) is 0.769. The summed E-state index contributed by atoms with van der Waals surface area (Å²) in [5.41, 5.74) is 0. The molecule has 0 radical (unpaired) electrons. The largest absolute Gasteiger partial charge is 0.481 e. The van der Waals surface area contributed by atoms with Gasteiger partial charge in [0.05, 0.1) is 18.4 Å². The van der Waals surface area contributed by atoms with E-state index in [-0.39, 0.29) is 23.8 Å². The van der Waals surface area contributed by atoms with Crippen LogP contribution in [0.1, 0.15) is 19.3 Å². The van der Waals surface area contributed by atoms with Gasteiger partial charge in [0.15, 0.2) is 0 Å². The topological polar surface area (TPSA) is 98.7 Å². The van der Waals surface area contributed by atoms with Gasteiger partial charge in [0.25, 0.3) is 0 Å². The highest BCUT2D eigenvalue weighted by molar-refractivity contribution is 5.89. The molecule has 1 aliphatic carbocycles. The fourth-order valence-electron chi connectivity index (χ4n) is 2.58. The van der Waals surface area contributed by atoms with Crippen LogP contribution in [0.15, 0.2) is 0 Å². The lowest BCUT2D eigenvalue weighted by Crippen LogP contribution is -2.47. The number of hydrogen-bond acceptors (Lipinski definition) is 4. The van der Waals surface area contributed by atoms with Crippen molar-refractivity contribution in [2.45, 2.75) is 25.3 Å². The Morgan fingerprint density at radius 3 is 2.35 bits per heavy atom. The predicted molar refractivity (Wildman–Crippen MR) is 70.9 cm³/mol. The molecule has 0 aromatic heterocycles. The number of aliphatic carboxylic acids is 1. The molecule has 0 aromatic carbocycles. The van der Waals surface area contributed by atoms with E-state index in [0.29, 0.717) is 13.0 Å². The molecule has 3 N–H and O–H groups in total. The average Bonchev–Trinajstić information content (AvgIpc) is 3.21. The smallest absolute Gasteiger partial charge is 0.307 e. The molecule has 2 atom stereocenters. The molecule has 1 heterocycles. The summed E-state index contributed by atoms with van der Waals surface area (Å²) in [6.45, 7) is 1.93. The van der Waals surface area contributed by atoms with Crippen LogP contribution >= 0.6 is 0 Å². The van der Waals surface area contributed by atoms with E-state index in [9.17, 15) is 14.4 Å². The van der Waals surface area contributed by atoms with Crippen LogP contribution in [-0.2, 0) is 14.4 Å². The van der Waals surface area contributed by atoms with Crippen LogP contribution in [0.25, 0.3) is 0 Å². The van der Waals surface area contributed by atoms with Crippen molar-refractivity contribution in [3.63, 3.8) is 0 Å². The average molecular weight is 283 g/mol. The molecular formula is C13H21N3O4. The second-order valence-electron chi connectivity index (χ2n) is 5.52. The second-order valence-corrected chi connectivity index (χ2v) is 5.52. The Bertz CT molecular complexity index is 404. The minimum atomic E-state index is -0.884. The van der Waals surface area contributed by atoms with E-state index in [1.807, 2.05) is 0 Å². The molecule has 1 saturated carbocycles. The molecule has 112 valence electrons. The summed E-state index contributed by atoms with van der Waals surface area (Å²) in [5, 5.41) is 14.3. The van der Waals surface area contributed by atoms with Crippen LogP contribution in [0, 0.1) is 11.8 Å². The minimum Gasteiger partial charge on any atom is -0.481 e. The van der Waals surface area contributed by atoms with Gasteiger partial charge < -0.3 is 15.7 Å². The lowest BCUT2D eigenvalue weighted by molar-refractivity contribution is -0.140. The number of likely N-dealkylation sites (tertiary alicyclic amines) is 1. The van der Waals surface area contributed by atoms with Gasteiger partial charge in [-0.05, 0) is 19.3 Å². The maximum absolute atomic E-state index is 11.8. The number of piperidine rings is 1. The van der Waals surface area contributed by atoms with E-state index in [4.69, 9.17) is 5.11 Å². The molecule has 0 aromatic rings. The third-order valence-corrected chi connectivity index (χ3v) is 4.02. The minimum absolute atomic E-state index is 0.00485. The normalized spacial score (nSPS) is 26.9. The summed E-state index contributed by atoms with van der Waals surface area (Å²) < 4.78 is 0. The summed E-state index contributed by atoms with van der Waals surface area (Å²) >= 11 is 0. The van der Waals surface area contributed by atoms with Gasteiger partial charge in [0, 0.05) is 26.2 Å². The van der Waals surface area contributed by atoms with E-state index in [0.717, 1.165) is 25.9 Å². The highest BCUT2D eigenvalue weighted by Gasteiger charge is 2.48. The standard InChI is InChI=1S/C13H21N3O4/c1-14-11(17)7-16-4-2-8(3-5-16)15-12(18)9-6-10(9)13(19)20/h8-10H,2-7H2,1H3,(H,14,17)(H,15,18)(H,19,20)/t9-,10+/m1/s1. The number of nitrogens with zero attached hydrogens (tertiary/aromatic N) is 1. The molecule has 20 heavy (non-hydrogen) atoms. The number of carboxylic acids is 1. The molecule has 0 unspecified atom stereocenters. The first-order valence-corrected chi connectivity index (χ1v) is 6.97. The molecule has 0 bridgehead atoms. The zero-order chi connectivity index (χ0) is 14.7. The van der Waals surface area contributed by atoms with Gasteiger partial charge in [-0.2, -0.15) is 0 Å². The quantitative estimate of drug-likeness (QED) is 0.603. The molecule has 2 fully saturated rings. The van der Waals surface area contributed by atoms with Crippen molar-refractivity contribution < 1.29 is 19.5 Å². The number of likely N-dealkylation sites (N-methyl/N-ethyl adjacent to an activating group) is 1. The molecular weight excluding hydrogens is 262 g/mol. The summed E-state index contributed by atoms with van der Waals surface area (Å²) in [4.78, 5) is 35.9. The van der Waals surface area contributed by atoms with Gasteiger partial charge in [-0.1, -0.05) is 0 Å². The molecule has 2 rings (SSSR count). The maximum Gasteiger partial charge on any atom is 0.307 e. The van der Waals surface area contributed by atoms with Gasteiger partial charge in [-0.15, -0.1) is 0 Å². The second kappa shape index (κ2) is 6.21. The third kappa shape index (κ3) is 3.69. The van der Waals surface area contributed by atoms with E-state index in [1.165, 1.54) is 0 Å². The van der Waals surface area contributed by atoms with Crippen LogP contribution in [0.5, 0.6) is 0 Å². The van der Waals surface area contributed by atoms with Crippen molar-refractivity contribution in [2.75, 3.05) is 26.7 Å². The predicted octanol–water partition coefficient (Wildman–Crippen LogP) is -0.966. The Hall–Kier alpha value is -1.63. The molecule has 7 heteroatoms. The number of nitrogens with one attached hydrogen (secondary N) is 2. The number of carbonyl (C=O) groups excluding carboxylic acids is 2. The number of hydrogen-bond donors (Lipinski definition) is 3. The zero-order valence-electron chi connectivity index (χ0n) is 11.6. The third-order valence-electron chi connectivity index (χ3n) is 4.02. The van der Waals surface area contributed by atoms with Gasteiger partial charge in [-0.25, -0.2) is 0 Å². The van der Waals surface area contributed by atoms with E-state index in [2.05, 4.69) is 15.5 Å². The highest BCUT2D eigenvalue weighted by Crippen LogP contribution is 2.38. The van der Waals surface area contributed by atoms with E-state index < -0.39 is 11.9 Å². The van der Waals surface area contributed by atoms with Crippen molar-refractivity contribution in [3.05, 3.63) is 0 Å². The summed E-state index contributed by atoms with van der Waals surface area (Å²) in [5.74, 6) is -1.87. The Balaban J connectivity index is 1.68. The maximum atomic E-state index is 11.8. The number of carboxylic acid groups (broad SMARTS) is 1. The molecule has 1 saturated heterocycles. The lowest BCUT2D eigenvalue weighted by Gasteiger charge is -2.31. The monoisotopic (exact) mass is 283 g/mol. The van der Waals surface area contributed by atoms with Crippen LogP contribution in [-0.4, -0.2) is 60.5 Å². The van der Waals surface area contributed by atoms with Gasteiger partial charge in [-0.3, -0.25) is 19.3 Å². The van der Waals surface area contributed by atoms with Crippen molar-refractivity contribution >= 4 is 17.8 Å². The lowest BCUT2D eigenvalue weighted by atomic mass is 10.0. The van der Waals surface area contributed by atoms with Crippen molar-refractivity contribution in [3.8, 4) is 0 Å². The molecule has 7 nitrogen and oxygen atoms in total. The Morgan fingerprint density at radius 1 is 1.20 bits per heavy atom. The van der Waals surface area contributed by atoms with E-state index >= 15 is 0 Å². The Labute approximate surface area is 117 Å².